The molecule has 0 amide bonds. The van der Waals surface area contributed by atoms with Gasteiger partial charge in [0.2, 0.25) is 15.1 Å². The first-order valence-corrected chi connectivity index (χ1v) is 11.5. The second-order valence-electron chi connectivity index (χ2n) is 6.51. The molecule has 0 saturated carbocycles. The normalized spacial score (nSPS) is 12.3. The van der Waals surface area contributed by atoms with E-state index >= 15 is 0 Å². The van der Waals surface area contributed by atoms with Gasteiger partial charge in [0.1, 0.15) is 18.9 Å². The predicted octanol–water partition coefficient (Wildman–Crippen LogP) is 1.10. The number of carbonyl (C=O) groups excluding carboxylic acids is 2. The minimum atomic E-state index is -3.97. The van der Waals surface area contributed by atoms with Crippen LogP contribution in [-0.2, 0) is 36.2 Å². The first kappa shape index (κ1) is 23.7. The lowest BCUT2D eigenvalue weighted by Crippen LogP contribution is -2.33. The van der Waals surface area contributed by atoms with Crippen LogP contribution in [0.1, 0.15) is 23.0 Å². The van der Waals surface area contributed by atoms with Gasteiger partial charge in [0.25, 0.3) is 10.0 Å². The van der Waals surface area contributed by atoms with Gasteiger partial charge in [-0.2, -0.15) is 4.31 Å². The molecule has 30 heavy (non-hydrogen) atoms. The zero-order valence-corrected chi connectivity index (χ0v) is 18.5. The number of benzene rings is 1. The third kappa shape index (κ3) is 5.33. The van der Waals surface area contributed by atoms with Gasteiger partial charge in [-0.1, -0.05) is 12.1 Å². The van der Waals surface area contributed by atoms with E-state index in [1.165, 1.54) is 64.5 Å². The molecule has 0 radical (unpaired) electrons. The molecule has 0 atom stereocenters. The first-order valence-electron chi connectivity index (χ1n) is 8.60. The van der Waals surface area contributed by atoms with Gasteiger partial charge in [0, 0.05) is 26.7 Å². The number of furan rings is 1. The summed E-state index contributed by atoms with van der Waals surface area (Å²) in [5, 5.41) is -0.299. The quantitative estimate of drug-likeness (QED) is 0.403. The van der Waals surface area contributed by atoms with Gasteiger partial charge in [0.15, 0.2) is 5.78 Å². The summed E-state index contributed by atoms with van der Waals surface area (Å²) in [6, 6.07) is 7.92. The summed E-state index contributed by atoms with van der Waals surface area (Å²) in [6.45, 7) is 0.437. The number of Topliss-reactive ketones (excluding diaryl/α,β-unsaturated/α-hetero) is 1. The Morgan fingerprint density at radius 2 is 1.53 bits per heavy atom. The van der Waals surface area contributed by atoms with E-state index in [1.807, 2.05) is 0 Å². The Labute approximate surface area is 175 Å². The monoisotopic (exact) mass is 458 g/mol. The molecule has 10 nitrogen and oxygen atoms in total. The minimum Gasteiger partial charge on any atom is -0.457 e. The molecule has 0 saturated heterocycles. The molecule has 0 bridgehead atoms. The molecule has 0 aliphatic carbocycles. The summed E-state index contributed by atoms with van der Waals surface area (Å²) < 4.78 is 60.9. The molecule has 0 fully saturated rings. The van der Waals surface area contributed by atoms with Crippen molar-refractivity contribution in [3.05, 3.63) is 47.7 Å². The number of ketones is 1. The lowest BCUT2D eigenvalue weighted by Gasteiger charge is -2.16. The van der Waals surface area contributed by atoms with E-state index in [2.05, 4.69) is 0 Å². The van der Waals surface area contributed by atoms with E-state index in [-0.39, 0.29) is 28.1 Å². The molecule has 0 spiro atoms. The smallest absolute Gasteiger partial charge is 0.321 e. The lowest BCUT2D eigenvalue weighted by molar-refractivity contribution is -0.145. The topological polar surface area (TPSA) is 131 Å². The number of hydrogen-bond acceptors (Lipinski definition) is 8. The van der Waals surface area contributed by atoms with Crippen molar-refractivity contribution in [2.24, 2.45) is 0 Å². The predicted molar refractivity (Wildman–Crippen MR) is 106 cm³/mol. The van der Waals surface area contributed by atoms with Gasteiger partial charge < -0.3 is 9.15 Å². The summed E-state index contributed by atoms with van der Waals surface area (Å²) in [6.07, 6.45) is 0. The molecular formula is C18H22N2O8S2. The Hall–Kier alpha value is -2.54. The standard InChI is InChI=1S/C18H22N2O8S2/c1-13(21)14-5-8-16(9-6-14)29(23,24)20(4)11-17(22)27-12-15-7-10-18(28-15)30(25,26)19(2)3/h5-10H,11-12H2,1-4H3. The summed E-state index contributed by atoms with van der Waals surface area (Å²) in [4.78, 5) is 23.2. The molecule has 2 rings (SSSR count). The van der Waals surface area contributed by atoms with E-state index in [0.29, 0.717) is 5.56 Å². The number of carbonyl (C=O) groups is 2. The van der Waals surface area contributed by atoms with Crippen LogP contribution in [0.3, 0.4) is 0 Å². The maximum Gasteiger partial charge on any atom is 0.321 e. The fourth-order valence-electron chi connectivity index (χ4n) is 2.26. The van der Waals surface area contributed by atoms with Crippen LogP contribution in [0.15, 0.2) is 50.8 Å². The Balaban J connectivity index is 1.99. The van der Waals surface area contributed by atoms with E-state index in [0.717, 1.165) is 8.61 Å². The van der Waals surface area contributed by atoms with Crippen molar-refractivity contribution < 1.29 is 35.6 Å². The molecule has 0 aliphatic heterocycles. The number of rotatable bonds is 9. The Morgan fingerprint density at radius 3 is 2.07 bits per heavy atom. The second kappa shape index (κ2) is 9.08. The van der Waals surface area contributed by atoms with Crippen LogP contribution in [0.4, 0.5) is 0 Å². The van der Waals surface area contributed by atoms with Crippen LogP contribution in [0, 0.1) is 0 Å². The zero-order valence-electron chi connectivity index (χ0n) is 16.9. The van der Waals surface area contributed by atoms with Gasteiger partial charge in [-0.15, -0.1) is 0 Å². The van der Waals surface area contributed by atoms with Crippen molar-refractivity contribution in [2.75, 3.05) is 27.7 Å². The molecule has 0 aliphatic rings. The van der Waals surface area contributed by atoms with Crippen molar-refractivity contribution in [3.8, 4) is 0 Å². The van der Waals surface area contributed by atoms with E-state index in [4.69, 9.17) is 9.15 Å². The highest BCUT2D eigenvalue weighted by Crippen LogP contribution is 2.18. The third-order valence-corrected chi connectivity index (χ3v) is 7.58. The van der Waals surface area contributed by atoms with Crippen molar-refractivity contribution in [2.45, 2.75) is 23.5 Å². The highest BCUT2D eigenvalue weighted by atomic mass is 32.2. The first-order chi connectivity index (χ1) is 13.9. The van der Waals surface area contributed by atoms with Crippen LogP contribution in [0.25, 0.3) is 0 Å². The number of hydrogen-bond donors (Lipinski definition) is 0. The van der Waals surface area contributed by atoms with Gasteiger partial charge >= 0.3 is 5.97 Å². The molecule has 1 heterocycles. The van der Waals surface area contributed by atoms with Crippen molar-refractivity contribution in [3.63, 3.8) is 0 Å². The summed E-state index contributed by atoms with van der Waals surface area (Å²) in [5.74, 6) is -0.959. The number of sulfonamides is 2. The molecule has 0 unspecified atom stereocenters. The lowest BCUT2D eigenvalue weighted by atomic mass is 10.2. The molecule has 0 N–H and O–H groups in total. The summed E-state index contributed by atoms with van der Waals surface area (Å²) in [7, 11) is -3.82. The van der Waals surface area contributed by atoms with Crippen LogP contribution < -0.4 is 0 Å². The maximum absolute atomic E-state index is 12.5. The molecule has 1 aromatic heterocycles. The number of esters is 1. The molecule has 1 aromatic carbocycles. The minimum absolute atomic E-state index is 0.0765. The van der Waals surface area contributed by atoms with Crippen LogP contribution >= 0.6 is 0 Å². The molecule has 12 heteroatoms. The third-order valence-electron chi connectivity index (χ3n) is 4.07. The van der Waals surface area contributed by atoms with Crippen LogP contribution in [0.5, 0.6) is 0 Å². The number of nitrogens with zero attached hydrogens (tertiary/aromatic N) is 2. The SMILES string of the molecule is CC(=O)c1ccc(S(=O)(=O)N(C)CC(=O)OCc2ccc(S(=O)(=O)N(C)C)o2)cc1. The van der Waals surface area contributed by atoms with Crippen LogP contribution in [-0.4, -0.2) is 64.9 Å². The highest BCUT2D eigenvalue weighted by Gasteiger charge is 2.25. The highest BCUT2D eigenvalue weighted by molar-refractivity contribution is 7.89. The van der Waals surface area contributed by atoms with Crippen molar-refractivity contribution in [1.82, 2.24) is 8.61 Å². The Bertz CT molecular complexity index is 1130. The average molecular weight is 459 g/mol. The molecular weight excluding hydrogens is 436 g/mol. The Morgan fingerprint density at radius 1 is 0.933 bits per heavy atom. The zero-order chi connectivity index (χ0) is 22.7. The van der Waals surface area contributed by atoms with Gasteiger partial charge in [-0.25, -0.2) is 21.1 Å². The fourth-order valence-corrected chi connectivity index (χ4v) is 4.19. The van der Waals surface area contributed by atoms with Crippen molar-refractivity contribution in [1.29, 1.82) is 0 Å². The van der Waals surface area contributed by atoms with Crippen LogP contribution in [0.2, 0.25) is 0 Å². The molecule has 2 aromatic rings. The number of likely N-dealkylation sites (N-methyl/N-ethyl adjacent to an activating group) is 1. The van der Waals surface area contributed by atoms with Gasteiger partial charge in [-0.05, 0) is 31.2 Å². The number of ether oxygens (including phenoxy) is 1. The van der Waals surface area contributed by atoms with Crippen molar-refractivity contribution >= 4 is 31.8 Å². The van der Waals surface area contributed by atoms with E-state index in [1.54, 1.807) is 0 Å². The molecule has 164 valence electrons. The second-order valence-corrected chi connectivity index (χ2v) is 10.6. The largest absolute Gasteiger partial charge is 0.457 e. The van der Waals surface area contributed by atoms with Gasteiger partial charge in [-0.3, -0.25) is 9.59 Å². The van der Waals surface area contributed by atoms with Gasteiger partial charge in [0.05, 0.1) is 4.90 Å². The maximum atomic E-state index is 12.5. The fraction of sp³-hybridized carbons (Fsp3) is 0.333. The van der Waals surface area contributed by atoms with E-state index < -0.39 is 32.6 Å². The summed E-state index contributed by atoms with van der Waals surface area (Å²) >= 11 is 0. The summed E-state index contributed by atoms with van der Waals surface area (Å²) in [5.41, 5.74) is 0.366. The van der Waals surface area contributed by atoms with E-state index in [9.17, 15) is 26.4 Å². The average Bonchev–Trinajstić information content (AvgIpc) is 3.16. The Kier molecular flexibility index (Phi) is 7.18.